The Morgan fingerprint density at radius 1 is 0.339 bits per heavy atom. The molecule has 0 heterocycles. The predicted octanol–water partition coefficient (Wildman–Crippen LogP) is 16.1. The van der Waals surface area contributed by atoms with E-state index in [1.807, 2.05) is 0 Å². The van der Waals surface area contributed by atoms with Crippen molar-refractivity contribution in [3.63, 3.8) is 0 Å². The van der Waals surface area contributed by atoms with Crippen LogP contribution in [0.15, 0.2) is 243 Å². The summed E-state index contributed by atoms with van der Waals surface area (Å²) < 4.78 is 0. The molecule has 0 aromatic heterocycles. The normalized spacial score (nSPS) is 14.9. The minimum absolute atomic E-state index is 0.409. The van der Waals surface area contributed by atoms with Crippen molar-refractivity contribution in [3.05, 3.63) is 271 Å². The monoisotopic (exact) mass is 789 g/mol. The molecule has 62 heavy (non-hydrogen) atoms. The smallest absolute Gasteiger partial charge is 0.0726 e. The minimum atomic E-state index is -0.424. The molecule has 3 aliphatic carbocycles. The molecule has 0 amide bonds. The SMILES string of the molecule is C1=CCC(c2cccc(-c3ccc(N(c4ccc(-c5cccc(-c6ccccc6)c5)cc4)c4ccc5c(c4)C4(c6ccccc6-c6ccccc64)c4ccccc4-5)cc3)c2)C=C1. The highest BCUT2D eigenvalue weighted by Crippen LogP contribution is 2.63. The number of fused-ring (bicyclic) bond motifs is 10. The molecule has 9 aromatic carbocycles. The first kappa shape index (κ1) is 36.1. The Bertz CT molecular complexity index is 3140. The second kappa shape index (κ2) is 14.8. The van der Waals surface area contributed by atoms with Gasteiger partial charge in [-0.2, -0.15) is 0 Å². The van der Waals surface area contributed by atoms with E-state index in [4.69, 9.17) is 0 Å². The maximum Gasteiger partial charge on any atom is 0.0726 e. The maximum atomic E-state index is 2.48. The van der Waals surface area contributed by atoms with E-state index >= 15 is 0 Å². The van der Waals surface area contributed by atoms with Gasteiger partial charge in [-0.25, -0.2) is 0 Å². The van der Waals surface area contributed by atoms with E-state index < -0.39 is 5.41 Å². The van der Waals surface area contributed by atoms with Crippen molar-refractivity contribution in [2.75, 3.05) is 4.90 Å². The Hall–Kier alpha value is -7.74. The summed E-state index contributed by atoms with van der Waals surface area (Å²) in [5, 5.41) is 0. The van der Waals surface area contributed by atoms with Gasteiger partial charge >= 0.3 is 0 Å². The summed E-state index contributed by atoms with van der Waals surface area (Å²) >= 11 is 0. The molecule has 1 heteroatoms. The summed E-state index contributed by atoms with van der Waals surface area (Å²) in [6, 6.07) is 81.1. The Balaban J connectivity index is 0.999. The molecule has 0 fully saturated rings. The number of nitrogens with zero attached hydrogens (tertiary/aromatic N) is 1. The van der Waals surface area contributed by atoms with E-state index in [0.717, 1.165) is 23.5 Å². The Morgan fingerprint density at radius 2 is 0.806 bits per heavy atom. The van der Waals surface area contributed by atoms with Crippen LogP contribution in [0.4, 0.5) is 17.1 Å². The number of hydrogen-bond acceptors (Lipinski definition) is 1. The third-order valence-corrected chi connectivity index (χ3v) is 13.4. The lowest BCUT2D eigenvalue weighted by Crippen LogP contribution is -2.26. The summed E-state index contributed by atoms with van der Waals surface area (Å²) in [5.41, 5.74) is 22.2. The molecule has 0 radical (unpaired) electrons. The van der Waals surface area contributed by atoms with Gasteiger partial charge < -0.3 is 4.90 Å². The van der Waals surface area contributed by atoms with Crippen LogP contribution >= 0.6 is 0 Å². The highest BCUT2D eigenvalue weighted by molar-refractivity contribution is 5.96. The Labute approximate surface area is 364 Å². The lowest BCUT2D eigenvalue weighted by molar-refractivity contribution is 0.793. The van der Waals surface area contributed by atoms with Crippen LogP contribution in [0.5, 0.6) is 0 Å². The number of hydrogen-bond donors (Lipinski definition) is 0. The number of rotatable bonds is 7. The van der Waals surface area contributed by atoms with Crippen molar-refractivity contribution in [2.24, 2.45) is 0 Å². The van der Waals surface area contributed by atoms with Gasteiger partial charge in [0, 0.05) is 23.0 Å². The first-order valence-electron chi connectivity index (χ1n) is 21.8. The highest BCUT2D eigenvalue weighted by Gasteiger charge is 2.51. The van der Waals surface area contributed by atoms with Crippen molar-refractivity contribution in [1.29, 1.82) is 0 Å². The number of anilines is 3. The summed E-state index contributed by atoms with van der Waals surface area (Å²) in [5.74, 6) is 0.409. The molecule has 0 saturated heterocycles. The third-order valence-electron chi connectivity index (χ3n) is 13.4. The molecule has 0 aliphatic heterocycles. The van der Waals surface area contributed by atoms with E-state index in [1.54, 1.807) is 0 Å². The van der Waals surface area contributed by atoms with Crippen LogP contribution in [0.1, 0.15) is 40.2 Å². The van der Waals surface area contributed by atoms with Crippen molar-refractivity contribution in [1.82, 2.24) is 0 Å². The Morgan fingerprint density at radius 3 is 1.37 bits per heavy atom. The second-order valence-electron chi connectivity index (χ2n) is 16.8. The average molecular weight is 790 g/mol. The summed E-state index contributed by atoms with van der Waals surface area (Å²) in [6.07, 6.45) is 9.93. The number of benzene rings is 9. The molecule has 1 atom stereocenters. The van der Waals surface area contributed by atoms with Gasteiger partial charge in [-0.15, -0.1) is 0 Å². The molecule has 0 saturated carbocycles. The third kappa shape index (κ3) is 5.77. The van der Waals surface area contributed by atoms with Crippen LogP contribution in [-0.4, -0.2) is 0 Å². The van der Waals surface area contributed by atoms with Gasteiger partial charge in [0.2, 0.25) is 0 Å². The fourth-order valence-corrected chi connectivity index (χ4v) is 10.6. The van der Waals surface area contributed by atoms with Crippen molar-refractivity contribution in [3.8, 4) is 55.6 Å². The van der Waals surface area contributed by atoms with E-state index in [1.165, 1.54) is 83.5 Å². The highest BCUT2D eigenvalue weighted by atomic mass is 15.1. The molecule has 12 rings (SSSR count). The molecule has 0 bridgehead atoms. The summed E-state index contributed by atoms with van der Waals surface area (Å²) in [7, 11) is 0. The van der Waals surface area contributed by atoms with Crippen LogP contribution in [-0.2, 0) is 5.41 Å². The first-order chi connectivity index (χ1) is 30.7. The standard InChI is InChI=1S/C61H43N/c1-3-15-42(16-4-1)46-19-13-21-48(39-46)44-29-33-50(34-30-44)62(51-35-31-45(32-36-51)49-22-14-20-47(40-49)43-17-5-2-6-18-43)52-37-38-56-55-25-9-12-28-59(55)61(60(56)41-52)57-26-10-7-23-53(57)54-24-8-11-27-58(54)61/h1-17,19-41,43H,18H2. The zero-order valence-corrected chi connectivity index (χ0v) is 34.3. The Kier molecular flexibility index (Phi) is 8.61. The van der Waals surface area contributed by atoms with Gasteiger partial charge in [0.05, 0.1) is 5.41 Å². The van der Waals surface area contributed by atoms with E-state index in [0.29, 0.717) is 5.92 Å². The van der Waals surface area contributed by atoms with Gasteiger partial charge in [-0.1, -0.05) is 200 Å². The van der Waals surface area contributed by atoms with Crippen LogP contribution in [0, 0.1) is 0 Å². The summed E-state index contributed by atoms with van der Waals surface area (Å²) in [6.45, 7) is 0. The summed E-state index contributed by atoms with van der Waals surface area (Å²) in [4.78, 5) is 2.44. The molecule has 1 unspecified atom stereocenters. The van der Waals surface area contributed by atoms with Crippen LogP contribution < -0.4 is 4.90 Å². The van der Waals surface area contributed by atoms with E-state index in [2.05, 4.69) is 248 Å². The topological polar surface area (TPSA) is 3.24 Å². The average Bonchev–Trinajstić information content (AvgIpc) is 3.82. The molecule has 0 N–H and O–H groups in total. The van der Waals surface area contributed by atoms with Gasteiger partial charge in [0.15, 0.2) is 0 Å². The maximum absolute atomic E-state index is 2.48. The molecule has 292 valence electrons. The zero-order valence-electron chi connectivity index (χ0n) is 34.3. The van der Waals surface area contributed by atoms with Crippen LogP contribution in [0.25, 0.3) is 55.6 Å². The fraction of sp³-hybridized carbons (Fsp3) is 0.0492. The van der Waals surface area contributed by atoms with Gasteiger partial charge in [0.25, 0.3) is 0 Å². The first-order valence-corrected chi connectivity index (χ1v) is 21.8. The lowest BCUT2D eigenvalue weighted by atomic mass is 9.70. The largest absolute Gasteiger partial charge is 0.310 e. The number of allylic oxidation sites excluding steroid dienone is 4. The quantitative estimate of drug-likeness (QED) is 0.155. The van der Waals surface area contributed by atoms with Crippen LogP contribution in [0.3, 0.4) is 0 Å². The van der Waals surface area contributed by atoms with Gasteiger partial charge in [0.1, 0.15) is 0 Å². The van der Waals surface area contributed by atoms with Gasteiger partial charge in [-0.05, 0) is 132 Å². The molecular weight excluding hydrogens is 747 g/mol. The second-order valence-corrected chi connectivity index (χ2v) is 16.8. The molecular formula is C61H43N. The molecule has 1 nitrogen and oxygen atoms in total. The van der Waals surface area contributed by atoms with E-state index in [-0.39, 0.29) is 0 Å². The lowest BCUT2D eigenvalue weighted by Gasteiger charge is -2.32. The van der Waals surface area contributed by atoms with E-state index in [9.17, 15) is 0 Å². The van der Waals surface area contributed by atoms with Crippen molar-refractivity contribution >= 4 is 17.1 Å². The molecule has 3 aliphatic rings. The zero-order chi connectivity index (χ0) is 41.0. The molecule has 1 spiro atoms. The van der Waals surface area contributed by atoms with Crippen LogP contribution in [0.2, 0.25) is 0 Å². The van der Waals surface area contributed by atoms with Crippen molar-refractivity contribution in [2.45, 2.75) is 17.8 Å². The predicted molar refractivity (Wildman–Crippen MR) is 259 cm³/mol. The molecule has 9 aromatic rings. The fourth-order valence-electron chi connectivity index (χ4n) is 10.6. The van der Waals surface area contributed by atoms with Gasteiger partial charge in [-0.3, -0.25) is 0 Å². The minimum Gasteiger partial charge on any atom is -0.310 e. The van der Waals surface area contributed by atoms with Crippen molar-refractivity contribution < 1.29 is 0 Å².